The minimum absolute atomic E-state index is 0.0651. The lowest BCUT2D eigenvalue weighted by Gasteiger charge is -2.31. The number of likely N-dealkylation sites (tertiary alicyclic amines) is 1. The maximum atomic E-state index is 12.7. The molecule has 0 aliphatic carbocycles. The number of carbonyl (C=O) groups is 2. The van der Waals surface area contributed by atoms with Crippen molar-refractivity contribution in [1.29, 1.82) is 5.41 Å². The molecule has 1 fully saturated rings. The highest BCUT2D eigenvalue weighted by atomic mass is 16.2. The summed E-state index contributed by atoms with van der Waals surface area (Å²) in [7, 11) is 0. The lowest BCUT2D eigenvalue weighted by Crippen LogP contribution is -2.42. The summed E-state index contributed by atoms with van der Waals surface area (Å²) >= 11 is 0. The zero-order valence-corrected chi connectivity index (χ0v) is 13.2. The first-order chi connectivity index (χ1) is 11.5. The van der Waals surface area contributed by atoms with E-state index in [0.717, 1.165) is 12.8 Å². The molecule has 8 nitrogen and oxygen atoms in total. The van der Waals surface area contributed by atoms with E-state index in [-0.39, 0.29) is 23.5 Å². The number of nitrogens with one attached hydrogen (secondary N) is 1. The molecule has 1 aromatic heterocycles. The number of rotatable bonds is 3. The molecule has 0 unspecified atom stereocenters. The molecule has 0 spiro atoms. The second kappa shape index (κ2) is 6.31. The zero-order valence-electron chi connectivity index (χ0n) is 13.2. The molecule has 1 aliphatic rings. The Morgan fingerprint density at radius 2 is 1.88 bits per heavy atom. The fourth-order valence-electron chi connectivity index (χ4n) is 3.17. The third-order valence-corrected chi connectivity index (χ3v) is 4.46. The Bertz CT molecular complexity index is 804. The van der Waals surface area contributed by atoms with Crippen LogP contribution >= 0.6 is 0 Å². The third-order valence-electron chi connectivity index (χ3n) is 4.46. The highest BCUT2D eigenvalue weighted by molar-refractivity contribution is 6.02. The molecule has 3 rings (SSSR count). The molecule has 1 saturated heterocycles. The van der Waals surface area contributed by atoms with Crippen molar-refractivity contribution in [3.63, 3.8) is 0 Å². The summed E-state index contributed by atoms with van der Waals surface area (Å²) in [4.78, 5) is 30.5. The first kappa shape index (κ1) is 16.0. The Morgan fingerprint density at radius 3 is 2.50 bits per heavy atom. The summed E-state index contributed by atoms with van der Waals surface area (Å²) < 4.78 is 1.18. The van der Waals surface area contributed by atoms with Gasteiger partial charge >= 0.3 is 6.03 Å². The van der Waals surface area contributed by atoms with Crippen molar-refractivity contribution in [2.45, 2.75) is 19.3 Å². The highest BCUT2D eigenvalue weighted by Gasteiger charge is 2.26. The summed E-state index contributed by atoms with van der Waals surface area (Å²) in [6.07, 6.45) is 1.87. The van der Waals surface area contributed by atoms with Crippen LogP contribution in [0.15, 0.2) is 24.3 Å². The van der Waals surface area contributed by atoms with Gasteiger partial charge in [-0.05, 0) is 30.9 Å². The monoisotopic (exact) mass is 328 g/mol. The Morgan fingerprint density at radius 1 is 1.21 bits per heavy atom. The summed E-state index contributed by atoms with van der Waals surface area (Å²) in [5.74, 6) is 0.161. The second-order valence-corrected chi connectivity index (χ2v) is 6.04. The van der Waals surface area contributed by atoms with E-state index in [0.29, 0.717) is 30.5 Å². The van der Waals surface area contributed by atoms with Crippen LogP contribution in [-0.2, 0) is 0 Å². The number of piperidine rings is 1. The van der Waals surface area contributed by atoms with Gasteiger partial charge in [0.1, 0.15) is 0 Å². The minimum atomic E-state index is -0.710. The predicted octanol–water partition coefficient (Wildman–Crippen LogP) is 1.14. The summed E-state index contributed by atoms with van der Waals surface area (Å²) in [5, 5.41) is 7.44. The van der Waals surface area contributed by atoms with E-state index >= 15 is 0 Å². The molecular formula is C16H20N6O2. The highest BCUT2D eigenvalue weighted by Crippen LogP contribution is 2.23. The van der Waals surface area contributed by atoms with Crippen LogP contribution in [0.3, 0.4) is 0 Å². The third kappa shape index (κ3) is 2.94. The summed E-state index contributed by atoms with van der Waals surface area (Å²) in [6.45, 7) is 1.33. The van der Waals surface area contributed by atoms with Gasteiger partial charge < -0.3 is 16.4 Å². The van der Waals surface area contributed by atoms with Gasteiger partial charge in [0.15, 0.2) is 17.6 Å². The van der Waals surface area contributed by atoms with Crippen LogP contribution in [-0.4, -0.2) is 45.3 Å². The lowest BCUT2D eigenvalue weighted by molar-refractivity contribution is 0.0930. The number of benzene rings is 1. The van der Waals surface area contributed by atoms with Crippen LogP contribution in [0, 0.1) is 11.3 Å². The van der Waals surface area contributed by atoms with Crippen molar-refractivity contribution in [1.82, 2.24) is 14.5 Å². The number of amides is 1. The molecule has 2 heterocycles. The van der Waals surface area contributed by atoms with Gasteiger partial charge in [-0.3, -0.25) is 10.2 Å². The maximum Gasteiger partial charge on any atom is 0.325 e. The molecule has 1 amide bonds. The first-order valence-electron chi connectivity index (χ1n) is 7.87. The molecule has 2 aromatic rings. The van der Waals surface area contributed by atoms with Crippen molar-refractivity contribution in [2.24, 2.45) is 17.4 Å². The van der Waals surface area contributed by atoms with Crippen LogP contribution < -0.4 is 11.5 Å². The Labute approximate surface area is 138 Å². The lowest BCUT2D eigenvalue weighted by atomic mass is 9.91. The van der Waals surface area contributed by atoms with Crippen LogP contribution in [0.5, 0.6) is 0 Å². The minimum Gasteiger partial charge on any atom is -0.370 e. The number of hydrogen-bond donors (Lipinski definition) is 3. The first-order valence-corrected chi connectivity index (χ1v) is 7.87. The van der Waals surface area contributed by atoms with Crippen molar-refractivity contribution < 1.29 is 9.59 Å². The number of hydrogen-bond acceptors (Lipinski definition) is 4. The number of aromatic nitrogens is 2. The smallest absolute Gasteiger partial charge is 0.325 e. The average molecular weight is 328 g/mol. The molecule has 0 saturated carbocycles. The molecular weight excluding hydrogens is 308 g/mol. The fourth-order valence-corrected chi connectivity index (χ4v) is 3.17. The molecule has 1 aliphatic heterocycles. The van der Waals surface area contributed by atoms with Crippen LogP contribution in [0.1, 0.15) is 29.9 Å². The van der Waals surface area contributed by atoms with Crippen LogP contribution in [0.2, 0.25) is 0 Å². The second-order valence-electron chi connectivity index (χ2n) is 6.04. The molecule has 24 heavy (non-hydrogen) atoms. The number of nitrogens with zero attached hydrogens (tertiary/aromatic N) is 3. The van der Waals surface area contributed by atoms with Gasteiger partial charge in [0.2, 0.25) is 0 Å². The standard InChI is InChI=1S/C16H20N6O2/c17-15(18)21-7-5-10(6-8-21)9-13(23)14-20-11-3-1-2-4-12(11)22(14)16(19)24/h1-4,10H,5-9H2,(H3,17,18)(H2,19,24). The maximum absolute atomic E-state index is 12.7. The molecule has 0 radical (unpaired) electrons. The summed E-state index contributed by atoms with van der Waals surface area (Å²) in [5.41, 5.74) is 12.0. The zero-order chi connectivity index (χ0) is 17.3. The number of Topliss-reactive ketones (excluding diaryl/α,β-unsaturated/α-hetero) is 1. The van der Waals surface area contributed by atoms with Crippen molar-refractivity contribution >= 4 is 28.8 Å². The predicted molar refractivity (Wildman–Crippen MR) is 89.9 cm³/mol. The Balaban J connectivity index is 1.78. The van der Waals surface area contributed by atoms with Crippen LogP contribution in [0.25, 0.3) is 11.0 Å². The van der Waals surface area contributed by atoms with E-state index in [9.17, 15) is 9.59 Å². The van der Waals surface area contributed by atoms with E-state index < -0.39 is 6.03 Å². The topological polar surface area (TPSA) is 131 Å². The fraction of sp³-hybridized carbons (Fsp3) is 0.375. The molecule has 126 valence electrons. The van der Waals surface area contributed by atoms with Crippen LogP contribution in [0.4, 0.5) is 4.79 Å². The van der Waals surface area contributed by atoms with Gasteiger partial charge in [0, 0.05) is 19.5 Å². The van der Waals surface area contributed by atoms with Gasteiger partial charge in [-0.25, -0.2) is 14.3 Å². The molecule has 0 atom stereocenters. The number of imidazole rings is 1. The largest absolute Gasteiger partial charge is 0.370 e. The van der Waals surface area contributed by atoms with E-state index in [1.165, 1.54) is 4.57 Å². The van der Waals surface area contributed by atoms with Gasteiger partial charge in [-0.1, -0.05) is 12.1 Å². The number of guanidine groups is 1. The molecule has 5 N–H and O–H groups in total. The van der Waals surface area contributed by atoms with Crippen molar-refractivity contribution in [2.75, 3.05) is 13.1 Å². The van der Waals surface area contributed by atoms with Crippen molar-refractivity contribution in [3.8, 4) is 0 Å². The number of para-hydroxylation sites is 2. The van der Waals surface area contributed by atoms with E-state index in [1.807, 2.05) is 0 Å². The van der Waals surface area contributed by atoms with E-state index in [1.54, 1.807) is 29.2 Å². The number of fused-ring (bicyclic) bond motifs is 1. The number of nitrogens with two attached hydrogens (primary N) is 2. The quantitative estimate of drug-likeness (QED) is 0.442. The average Bonchev–Trinajstić information content (AvgIpc) is 2.95. The Kier molecular flexibility index (Phi) is 4.20. The number of primary amides is 1. The van der Waals surface area contributed by atoms with Gasteiger partial charge in [-0.2, -0.15) is 0 Å². The molecule has 8 heteroatoms. The Hall–Kier alpha value is -2.90. The number of carbonyl (C=O) groups excluding carboxylic acids is 2. The van der Waals surface area contributed by atoms with Crippen molar-refractivity contribution in [3.05, 3.63) is 30.1 Å². The normalized spacial score (nSPS) is 15.6. The molecule has 0 bridgehead atoms. The number of ketones is 1. The summed E-state index contributed by atoms with van der Waals surface area (Å²) in [6, 6.07) is 6.33. The van der Waals surface area contributed by atoms with E-state index in [4.69, 9.17) is 16.9 Å². The SMILES string of the molecule is N=C(N)N1CCC(CC(=O)c2nc3ccccc3n2C(N)=O)CC1. The van der Waals surface area contributed by atoms with Gasteiger partial charge in [0.05, 0.1) is 11.0 Å². The molecule has 1 aromatic carbocycles. The van der Waals surface area contributed by atoms with E-state index in [2.05, 4.69) is 4.98 Å². The van der Waals surface area contributed by atoms with Gasteiger partial charge in [0.25, 0.3) is 0 Å². The van der Waals surface area contributed by atoms with Gasteiger partial charge in [-0.15, -0.1) is 0 Å².